The fourth-order valence-electron chi connectivity index (χ4n) is 3.08. The van der Waals surface area contributed by atoms with Crippen LogP contribution in [0.25, 0.3) is 0 Å². The van der Waals surface area contributed by atoms with Gasteiger partial charge in [0.1, 0.15) is 5.75 Å². The van der Waals surface area contributed by atoms with Crippen molar-refractivity contribution in [3.8, 4) is 5.75 Å². The lowest BCUT2D eigenvalue weighted by atomic mass is 10.0. The van der Waals surface area contributed by atoms with Crippen molar-refractivity contribution >= 4 is 17.5 Å². The van der Waals surface area contributed by atoms with Crippen molar-refractivity contribution in [2.75, 3.05) is 11.9 Å². The zero-order chi connectivity index (χ0) is 18.0. The molecule has 1 saturated carbocycles. The van der Waals surface area contributed by atoms with Crippen LogP contribution in [0.2, 0.25) is 0 Å². The first-order valence-corrected chi connectivity index (χ1v) is 8.34. The van der Waals surface area contributed by atoms with Crippen molar-refractivity contribution < 1.29 is 14.3 Å². The first-order chi connectivity index (χ1) is 12.0. The number of anilines is 1. The van der Waals surface area contributed by atoms with Crippen LogP contribution in [0.3, 0.4) is 0 Å². The second-order valence-electron chi connectivity index (χ2n) is 6.53. The number of carbonyl (C=O) groups is 2. The predicted molar refractivity (Wildman–Crippen MR) is 96.5 cm³/mol. The van der Waals surface area contributed by atoms with Gasteiger partial charge in [0.15, 0.2) is 6.61 Å². The van der Waals surface area contributed by atoms with Gasteiger partial charge in [0.05, 0.1) is 0 Å². The molecule has 0 radical (unpaired) electrons. The van der Waals surface area contributed by atoms with E-state index in [1.165, 1.54) is 11.1 Å². The number of ether oxygens (including phenoxy) is 1. The molecule has 1 aliphatic carbocycles. The Balaban J connectivity index is 1.62. The van der Waals surface area contributed by atoms with Crippen LogP contribution in [0.4, 0.5) is 5.69 Å². The minimum Gasteiger partial charge on any atom is -0.484 e. The Morgan fingerprint density at radius 2 is 1.92 bits per heavy atom. The Morgan fingerprint density at radius 3 is 2.60 bits per heavy atom. The fourth-order valence-corrected chi connectivity index (χ4v) is 3.08. The van der Waals surface area contributed by atoms with Crippen LogP contribution in [-0.4, -0.2) is 18.4 Å². The van der Waals surface area contributed by atoms with Crippen molar-refractivity contribution in [3.05, 3.63) is 59.2 Å². The van der Waals surface area contributed by atoms with E-state index in [0.29, 0.717) is 11.7 Å². The van der Waals surface area contributed by atoms with Crippen LogP contribution in [0, 0.1) is 19.8 Å². The van der Waals surface area contributed by atoms with Crippen LogP contribution in [-0.2, 0) is 9.59 Å². The van der Waals surface area contributed by atoms with E-state index in [0.717, 1.165) is 17.7 Å². The van der Waals surface area contributed by atoms with Crippen LogP contribution >= 0.6 is 0 Å². The molecular formula is C20H22N2O3. The summed E-state index contributed by atoms with van der Waals surface area (Å²) in [5.74, 6) is 0.401. The van der Waals surface area contributed by atoms with Crippen molar-refractivity contribution in [1.82, 2.24) is 0 Å². The number of nitrogens with one attached hydrogen (secondary N) is 1. The molecule has 0 spiro atoms. The van der Waals surface area contributed by atoms with E-state index in [9.17, 15) is 9.59 Å². The topological polar surface area (TPSA) is 81.4 Å². The molecule has 5 nitrogen and oxygen atoms in total. The van der Waals surface area contributed by atoms with Gasteiger partial charge in [0.2, 0.25) is 5.91 Å². The van der Waals surface area contributed by atoms with E-state index in [1.807, 2.05) is 19.1 Å². The third-order valence-corrected chi connectivity index (χ3v) is 4.55. The maximum Gasteiger partial charge on any atom is 0.255 e. The molecule has 2 aromatic carbocycles. The number of benzene rings is 2. The van der Waals surface area contributed by atoms with E-state index in [-0.39, 0.29) is 18.4 Å². The monoisotopic (exact) mass is 338 g/mol. The van der Waals surface area contributed by atoms with E-state index in [2.05, 4.69) is 24.4 Å². The zero-order valence-corrected chi connectivity index (χ0v) is 14.4. The summed E-state index contributed by atoms with van der Waals surface area (Å²) < 4.78 is 5.27. The summed E-state index contributed by atoms with van der Waals surface area (Å²) in [5.41, 5.74) is 9.19. The van der Waals surface area contributed by atoms with Crippen molar-refractivity contribution in [2.24, 2.45) is 11.7 Å². The molecule has 0 aromatic heterocycles. The van der Waals surface area contributed by atoms with Gasteiger partial charge in [-0.1, -0.05) is 24.3 Å². The Labute approximate surface area is 147 Å². The van der Waals surface area contributed by atoms with Gasteiger partial charge in [-0.15, -0.1) is 0 Å². The largest absolute Gasteiger partial charge is 0.484 e. The summed E-state index contributed by atoms with van der Waals surface area (Å²) in [6.45, 7) is 3.81. The van der Waals surface area contributed by atoms with Crippen molar-refractivity contribution in [1.29, 1.82) is 0 Å². The fraction of sp³-hybridized carbons (Fsp3) is 0.300. The van der Waals surface area contributed by atoms with Crippen molar-refractivity contribution in [3.63, 3.8) is 0 Å². The highest BCUT2D eigenvalue weighted by Crippen LogP contribution is 2.49. The van der Waals surface area contributed by atoms with Gasteiger partial charge in [0.25, 0.3) is 5.91 Å². The number of amides is 2. The number of hydrogen-bond acceptors (Lipinski definition) is 3. The smallest absolute Gasteiger partial charge is 0.255 e. The van der Waals surface area contributed by atoms with Gasteiger partial charge in [-0.2, -0.15) is 0 Å². The number of nitrogens with two attached hydrogens (primary N) is 1. The second kappa shape index (κ2) is 6.97. The van der Waals surface area contributed by atoms with Crippen LogP contribution in [0.1, 0.15) is 29.0 Å². The van der Waals surface area contributed by atoms with Crippen LogP contribution < -0.4 is 15.8 Å². The number of rotatable bonds is 6. The van der Waals surface area contributed by atoms with Gasteiger partial charge >= 0.3 is 0 Å². The number of primary amides is 1. The minimum atomic E-state index is -0.522. The Morgan fingerprint density at radius 1 is 1.16 bits per heavy atom. The molecule has 1 aliphatic rings. The third kappa shape index (κ3) is 3.99. The quantitative estimate of drug-likeness (QED) is 0.850. The number of hydrogen-bond donors (Lipinski definition) is 2. The normalized spacial score (nSPS) is 18.5. The third-order valence-electron chi connectivity index (χ3n) is 4.55. The number of aryl methyl sites for hydroxylation is 2. The molecule has 0 heterocycles. The Bertz CT molecular complexity index is 816. The molecule has 0 aliphatic heterocycles. The minimum absolute atomic E-state index is 0.0197. The Kier molecular flexibility index (Phi) is 4.74. The molecule has 0 unspecified atom stereocenters. The van der Waals surface area contributed by atoms with Gasteiger partial charge in [-0.25, -0.2) is 0 Å². The zero-order valence-electron chi connectivity index (χ0n) is 14.4. The molecule has 25 heavy (non-hydrogen) atoms. The van der Waals surface area contributed by atoms with Crippen LogP contribution in [0.15, 0.2) is 42.5 Å². The summed E-state index contributed by atoms with van der Waals surface area (Å²) in [5, 5.41) is 3.00. The highest BCUT2D eigenvalue weighted by molar-refractivity contribution is 5.96. The molecule has 0 bridgehead atoms. The number of carbonyl (C=O) groups excluding carboxylic acids is 2. The molecule has 2 aromatic rings. The first kappa shape index (κ1) is 17.0. The summed E-state index contributed by atoms with van der Waals surface area (Å²) in [4.78, 5) is 23.3. The highest BCUT2D eigenvalue weighted by atomic mass is 16.5. The summed E-state index contributed by atoms with van der Waals surface area (Å²) in [7, 11) is 0. The van der Waals surface area contributed by atoms with Gasteiger partial charge in [0, 0.05) is 11.6 Å². The van der Waals surface area contributed by atoms with Gasteiger partial charge < -0.3 is 15.8 Å². The molecule has 1 fully saturated rings. The lowest BCUT2D eigenvalue weighted by Gasteiger charge is -2.11. The lowest BCUT2D eigenvalue weighted by molar-refractivity contribution is -0.120. The molecule has 130 valence electrons. The van der Waals surface area contributed by atoms with E-state index >= 15 is 0 Å². The van der Waals surface area contributed by atoms with E-state index < -0.39 is 5.91 Å². The van der Waals surface area contributed by atoms with Gasteiger partial charge in [-0.3, -0.25) is 9.59 Å². The first-order valence-electron chi connectivity index (χ1n) is 8.34. The molecular weight excluding hydrogens is 316 g/mol. The molecule has 0 saturated heterocycles. The van der Waals surface area contributed by atoms with E-state index in [4.69, 9.17) is 10.5 Å². The summed E-state index contributed by atoms with van der Waals surface area (Å²) >= 11 is 0. The molecule has 5 heteroatoms. The standard InChI is InChI=1S/C20H22N2O3/c1-12-5-3-4-6-15(12)16-10-17(16)20(24)22-18-8-7-14(9-13(18)2)25-11-19(21)23/h3-9,16-17H,10-11H2,1-2H3,(H2,21,23)(H,22,24)/t16-,17-/m1/s1. The summed E-state index contributed by atoms with van der Waals surface area (Å²) in [6.07, 6.45) is 0.884. The predicted octanol–water partition coefficient (Wildman–Crippen LogP) is 2.91. The average molecular weight is 338 g/mol. The second-order valence-corrected chi connectivity index (χ2v) is 6.53. The van der Waals surface area contributed by atoms with Gasteiger partial charge in [-0.05, 0) is 61.1 Å². The average Bonchev–Trinajstić information content (AvgIpc) is 3.36. The van der Waals surface area contributed by atoms with Crippen LogP contribution in [0.5, 0.6) is 5.75 Å². The Hall–Kier alpha value is -2.82. The maximum absolute atomic E-state index is 12.5. The van der Waals surface area contributed by atoms with Crippen molar-refractivity contribution in [2.45, 2.75) is 26.2 Å². The van der Waals surface area contributed by atoms with E-state index in [1.54, 1.807) is 18.2 Å². The molecule has 2 amide bonds. The molecule has 3 N–H and O–H groups in total. The highest BCUT2D eigenvalue weighted by Gasteiger charge is 2.44. The lowest BCUT2D eigenvalue weighted by Crippen LogP contribution is -2.20. The maximum atomic E-state index is 12.5. The molecule has 2 atom stereocenters. The SMILES string of the molecule is Cc1cc(OCC(N)=O)ccc1NC(=O)[C@@H]1C[C@@H]1c1ccccc1C. The molecule has 3 rings (SSSR count). The summed E-state index contributed by atoms with van der Waals surface area (Å²) in [6, 6.07) is 13.5.